The molecule has 0 aromatic carbocycles. The highest BCUT2D eigenvalue weighted by Gasteiger charge is 2.18. The molecule has 1 aromatic rings. The number of carbonyl (C=O) groups excluding carboxylic acids is 1. The van der Waals surface area contributed by atoms with E-state index < -0.39 is 0 Å². The highest BCUT2D eigenvalue weighted by Crippen LogP contribution is 2.28. The smallest absolute Gasteiger partial charge is 0.306 e. The number of carbonyl (C=O) groups is 1. The van der Waals surface area contributed by atoms with Gasteiger partial charge in [0.15, 0.2) is 0 Å². The summed E-state index contributed by atoms with van der Waals surface area (Å²) >= 11 is 1.59. The van der Waals surface area contributed by atoms with Crippen LogP contribution in [0.25, 0.3) is 0 Å². The van der Waals surface area contributed by atoms with Crippen molar-refractivity contribution < 1.29 is 14.3 Å². The number of rotatable bonds is 7. The molecular weight excluding hydrogens is 250 g/mol. The van der Waals surface area contributed by atoms with E-state index in [1.54, 1.807) is 18.4 Å². The normalized spacial score (nSPS) is 12.7. The van der Waals surface area contributed by atoms with Gasteiger partial charge in [-0.15, -0.1) is 11.3 Å². The molecule has 0 radical (unpaired) electrons. The van der Waals surface area contributed by atoms with Crippen LogP contribution in [0.4, 0.5) is 0 Å². The molecule has 18 heavy (non-hydrogen) atoms. The van der Waals surface area contributed by atoms with Crippen LogP contribution in [0.15, 0.2) is 5.38 Å². The van der Waals surface area contributed by atoms with Gasteiger partial charge in [-0.3, -0.25) is 4.79 Å². The zero-order chi connectivity index (χ0) is 13.5. The molecule has 0 bridgehead atoms. The topological polar surface area (TPSA) is 48.4 Å². The van der Waals surface area contributed by atoms with E-state index in [9.17, 15) is 4.79 Å². The fourth-order valence-electron chi connectivity index (χ4n) is 1.69. The number of nitrogens with zero attached hydrogens (tertiary/aromatic N) is 1. The van der Waals surface area contributed by atoms with Crippen LogP contribution >= 0.6 is 11.3 Å². The number of aryl methyl sites for hydroxylation is 1. The summed E-state index contributed by atoms with van der Waals surface area (Å²) in [5, 5.41) is 2.97. The number of thiazole rings is 1. The molecule has 0 N–H and O–H groups in total. The predicted molar refractivity (Wildman–Crippen MR) is 71.7 cm³/mol. The Morgan fingerprint density at radius 3 is 2.78 bits per heavy atom. The summed E-state index contributed by atoms with van der Waals surface area (Å²) in [6.45, 7) is 6.45. The van der Waals surface area contributed by atoms with Crippen molar-refractivity contribution in [3.8, 4) is 0 Å². The quantitative estimate of drug-likeness (QED) is 0.715. The average molecular weight is 271 g/mol. The predicted octanol–water partition coefficient (Wildman–Crippen LogP) is 2.98. The maximum atomic E-state index is 11.3. The van der Waals surface area contributed by atoms with Crippen LogP contribution < -0.4 is 0 Å². The van der Waals surface area contributed by atoms with Crippen molar-refractivity contribution in [1.82, 2.24) is 4.98 Å². The molecule has 102 valence electrons. The molecule has 0 aliphatic heterocycles. The summed E-state index contributed by atoms with van der Waals surface area (Å²) in [7, 11) is 1.70. The van der Waals surface area contributed by atoms with Crippen LogP contribution in [-0.2, 0) is 20.7 Å². The third-order valence-electron chi connectivity index (χ3n) is 2.56. The molecule has 0 saturated heterocycles. The van der Waals surface area contributed by atoms with Crippen molar-refractivity contribution in [2.75, 3.05) is 13.7 Å². The maximum Gasteiger partial charge on any atom is 0.306 e. The van der Waals surface area contributed by atoms with E-state index in [0.29, 0.717) is 25.4 Å². The van der Waals surface area contributed by atoms with E-state index in [0.717, 1.165) is 10.7 Å². The van der Waals surface area contributed by atoms with E-state index >= 15 is 0 Å². The monoisotopic (exact) mass is 271 g/mol. The summed E-state index contributed by atoms with van der Waals surface area (Å²) in [5.41, 5.74) is 0.936. The minimum atomic E-state index is -0.167. The standard InChI is InChI=1S/C13H21NO3S/c1-5-17-11(15)7-6-10-8-18-13(14-10)12(16-4)9(2)3/h8-9,12H,5-7H2,1-4H3. The molecule has 1 rings (SSSR count). The van der Waals surface area contributed by atoms with Crippen molar-refractivity contribution in [3.63, 3.8) is 0 Å². The zero-order valence-corrected chi connectivity index (χ0v) is 12.3. The molecule has 1 aromatic heterocycles. The van der Waals surface area contributed by atoms with Crippen LogP contribution in [0.2, 0.25) is 0 Å². The van der Waals surface area contributed by atoms with Gasteiger partial charge >= 0.3 is 5.97 Å². The Bertz CT molecular complexity index is 376. The molecule has 0 saturated carbocycles. The first-order valence-electron chi connectivity index (χ1n) is 6.21. The van der Waals surface area contributed by atoms with Gasteiger partial charge in [0, 0.05) is 18.9 Å². The molecule has 1 heterocycles. The minimum Gasteiger partial charge on any atom is -0.466 e. The summed E-state index contributed by atoms with van der Waals surface area (Å²) in [6, 6.07) is 0. The lowest BCUT2D eigenvalue weighted by atomic mass is 10.1. The Hall–Kier alpha value is -0.940. The third-order valence-corrected chi connectivity index (χ3v) is 3.52. The molecule has 0 aliphatic carbocycles. The Morgan fingerprint density at radius 2 is 2.22 bits per heavy atom. The summed E-state index contributed by atoms with van der Waals surface area (Å²) in [4.78, 5) is 15.8. The van der Waals surface area contributed by atoms with Gasteiger partial charge in [0.05, 0.1) is 18.7 Å². The van der Waals surface area contributed by atoms with Crippen molar-refractivity contribution in [2.24, 2.45) is 5.92 Å². The fourth-order valence-corrected chi connectivity index (χ4v) is 2.79. The summed E-state index contributed by atoms with van der Waals surface area (Å²) < 4.78 is 10.3. The minimum absolute atomic E-state index is 0.0337. The Labute approximate surface area is 112 Å². The lowest BCUT2D eigenvalue weighted by Crippen LogP contribution is -2.09. The second-order valence-corrected chi connectivity index (χ2v) is 5.27. The summed E-state index contributed by atoms with van der Waals surface area (Å²) in [5.74, 6) is 0.221. The molecular formula is C13H21NO3S. The molecule has 0 amide bonds. The van der Waals surface area contributed by atoms with Crippen LogP contribution in [0.1, 0.15) is 44.0 Å². The number of hydrogen-bond donors (Lipinski definition) is 0. The highest BCUT2D eigenvalue weighted by atomic mass is 32.1. The Kier molecular flexibility index (Phi) is 6.29. The van der Waals surface area contributed by atoms with Gasteiger partial charge in [-0.25, -0.2) is 4.98 Å². The van der Waals surface area contributed by atoms with Crippen molar-refractivity contribution in [3.05, 3.63) is 16.1 Å². The lowest BCUT2D eigenvalue weighted by molar-refractivity contribution is -0.143. The molecule has 0 spiro atoms. The van der Waals surface area contributed by atoms with Gasteiger partial charge in [0.1, 0.15) is 11.1 Å². The van der Waals surface area contributed by atoms with Crippen molar-refractivity contribution in [2.45, 2.75) is 39.7 Å². The number of hydrogen-bond acceptors (Lipinski definition) is 5. The third kappa shape index (κ3) is 4.38. The van der Waals surface area contributed by atoms with Gasteiger partial charge in [-0.05, 0) is 12.8 Å². The van der Waals surface area contributed by atoms with E-state index in [-0.39, 0.29) is 12.1 Å². The van der Waals surface area contributed by atoms with E-state index in [2.05, 4.69) is 18.8 Å². The first-order chi connectivity index (χ1) is 8.58. The Morgan fingerprint density at radius 1 is 1.50 bits per heavy atom. The molecule has 4 nitrogen and oxygen atoms in total. The van der Waals surface area contributed by atoms with Gasteiger partial charge in [0.25, 0.3) is 0 Å². The highest BCUT2D eigenvalue weighted by molar-refractivity contribution is 7.09. The average Bonchev–Trinajstić information content (AvgIpc) is 2.76. The van der Waals surface area contributed by atoms with Crippen LogP contribution in [0, 0.1) is 5.92 Å². The van der Waals surface area contributed by atoms with Gasteiger partial charge in [-0.1, -0.05) is 13.8 Å². The first-order valence-corrected chi connectivity index (χ1v) is 7.09. The van der Waals surface area contributed by atoms with Crippen molar-refractivity contribution >= 4 is 17.3 Å². The second kappa shape index (κ2) is 7.48. The van der Waals surface area contributed by atoms with Crippen LogP contribution in [-0.4, -0.2) is 24.7 Å². The Balaban J connectivity index is 2.55. The molecule has 0 fully saturated rings. The first kappa shape index (κ1) is 15.1. The van der Waals surface area contributed by atoms with E-state index in [4.69, 9.17) is 9.47 Å². The van der Waals surface area contributed by atoms with Gasteiger partial charge < -0.3 is 9.47 Å². The van der Waals surface area contributed by atoms with Crippen LogP contribution in [0.5, 0.6) is 0 Å². The van der Waals surface area contributed by atoms with Gasteiger partial charge in [0.2, 0.25) is 0 Å². The zero-order valence-electron chi connectivity index (χ0n) is 11.4. The lowest BCUT2D eigenvalue weighted by Gasteiger charge is -2.15. The second-order valence-electron chi connectivity index (χ2n) is 4.38. The SMILES string of the molecule is CCOC(=O)CCc1csc(C(OC)C(C)C)n1. The molecule has 0 aliphatic rings. The molecule has 1 unspecified atom stereocenters. The molecule has 5 heteroatoms. The largest absolute Gasteiger partial charge is 0.466 e. The fraction of sp³-hybridized carbons (Fsp3) is 0.692. The number of aromatic nitrogens is 1. The van der Waals surface area contributed by atoms with Crippen LogP contribution in [0.3, 0.4) is 0 Å². The van der Waals surface area contributed by atoms with E-state index in [1.807, 2.05) is 12.3 Å². The maximum absolute atomic E-state index is 11.3. The number of methoxy groups -OCH3 is 1. The van der Waals surface area contributed by atoms with E-state index in [1.165, 1.54) is 0 Å². The number of esters is 1. The molecule has 1 atom stereocenters. The van der Waals surface area contributed by atoms with Crippen molar-refractivity contribution in [1.29, 1.82) is 0 Å². The van der Waals surface area contributed by atoms with Gasteiger partial charge in [-0.2, -0.15) is 0 Å². The number of ether oxygens (including phenoxy) is 2. The summed E-state index contributed by atoms with van der Waals surface area (Å²) in [6.07, 6.45) is 1.05.